The fourth-order valence-electron chi connectivity index (χ4n) is 3.89. The first-order chi connectivity index (χ1) is 14.4. The molecule has 0 atom stereocenters. The van der Waals surface area contributed by atoms with E-state index in [1.165, 1.54) is 27.3 Å². The average molecular weight is 403 g/mol. The monoisotopic (exact) mass is 403 g/mol. The number of hydrogen-bond acceptors (Lipinski definition) is 3. The van der Waals surface area contributed by atoms with Crippen LogP contribution in [0.5, 0.6) is 0 Å². The Morgan fingerprint density at radius 3 is 1.73 bits per heavy atom. The van der Waals surface area contributed by atoms with E-state index in [1.807, 2.05) is 30.3 Å². The van der Waals surface area contributed by atoms with Gasteiger partial charge < -0.3 is 0 Å². The van der Waals surface area contributed by atoms with E-state index in [0.29, 0.717) is 11.6 Å². The fraction of sp³-hybridized carbons (Fsp3) is 0. The molecule has 0 aliphatic carbocycles. The highest BCUT2D eigenvalue weighted by atomic mass is 35.5. The Labute approximate surface area is 186 Å². The van der Waals surface area contributed by atoms with Gasteiger partial charge in [0.2, 0.25) is 5.28 Å². The number of benzene rings is 3. The van der Waals surface area contributed by atoms with Crippen molar-refractivity contribution in [3.05, 3.63) is 59.9 Å². The Morgan fingerprint density at radius 1 is 0.533 bits per heavy atom. The van der Waals surface area contributed by atoms with E-state index < -0.39 is 0 Å². The van der Waals surface area contributed by atoms with E-state index in [-0.39, 0.29) is 5.28 Å². The minimum absolute atomic E-state index is 0.204. The van der Waals surface area contributed by atoms with E-state index in [9.17, 15) is 0 Å². The largest absolute Gasteiger partial charge is 0.226 e. The van der Waals surface area contributed by atoms with Gasteiger partial charge in [0.15, 0.2) is 11.6 Å². The Kier molecular flexibility index (Phi) is 5.61. The van der Waals surface area contributed by atoms with Crippen LogP contribution in [0.2, 0.25) is 5.28 Å². The van der Waals surface area contributed by atoms with Crippen molar-refractivity contribution in [3.8, 4) is 33.9 Å². The van der Waals surface area contributed by atoms with Crippen LogP contribution in [0.1, 0.15) is 0 Å². The van der Waals surface area contributed by atoms with Gasteiger partial charge in [0.05, 0.1) is 0 Å². The zero-order valence-electron chi connectivity index (χ0n) is 17.9. The Balaban J connectivity index is 1.88. The molecular formula is C21H19B5ClN3. The highest BCUT2D eigenvalue weighted by molar-refractivity contribution is 6.68. The normalized spacial score (nSPS) is 10.8. The van der Waals surface area contributed by atoms with Crippen LogP contribution >= 0.6 is 11.6 Å². The molecule has 0 N–H and O–H groups in total. The Morgan fingerprint density at radius 2 is 1.07 bits per heavy atom. The molecule has 0 amide bonds. The third-order valence-corrected chi connectivity index (χ3v) is 6.23. The lowest BCUT2D eigenvalue weighted by Crippen LogP contribution is -2.55. The number of hydrogen-bond donors (Lipinski definition) is 0. The molecule has 0 saturated heterocycles. The van der Waals surface area contributed by atoms with Crippen molar-refractivity contribution in [2.24, 2.45) is 0 Å². The van der Waals surface area contributed by atoms with Crippen LogP contribution in [-0.4, -0.2) is 54.2 Å². The molecule has 3 aromatic carbocycles. The highest BCUT2D eigenvalue weighted by Gasteiger charge is 2.17. The Bertz CT molecular complexity index is 1240. The molecule has 0 aliphatic rings. The molecule has 30 heavy (non-hydrogen) atoms. The van der Waals surface area contributed by atoms with Crippen molar-refractivity contribution in [2.45, 2.75) is 0 Å². The lowest BCUT2D eigenvalue weighted by atomic mass is 9.60. The molecule has 4 aromatic rings. The second kappa shape index (κ2) is 8.19. The first-order valence-electron chi connectivity index (χ1n) is 10.0. The van der Waals surface area contributed by atoms with Gasteiger partial charge in [0, 0.05) is 11.1 Å². The highest BCUT2D eigenvalue weighted by Crippen LogP contribution is 2.25. The standard InChI is InChI=1S/C21H19B5ClN3/c22-14-13(15(23)17(25)18(26)16(14)24)20-28-19(29-21(27)30-20)12-8-4-7-11(9-12)10-5-2-1-3-6-10/h1-9H,22-26H2. The third kappa shape index (κ3) is 3.72. The molecule has 0 saturated carbocycles. The molecule has 0 bridgehead atoms. The molecular weight excluding hydrogens is 384 g/mol. The predicted octanol–water partition coefficient (Wildman–Crippen LogP) is -3.18. The van der Waals surface area contributed by atoms with E-state index >= 15 is 0 Å². The quantitative estimate of drug-likeness (QED) is 0.339. The van der Waals surface area contributed by atoms with Gasteiger partial charge in [0.25, 0.3) is 0 Å². The van der Waals surface area contributed by atoms with Crippen molar-refractivity contribution in [2.75, 3.05) is 0 Å². The summed E-state index contributed by atoms with van der Waals surface area (Å²) in [6, 6.07) is 18.5. The van der Waals surface area contributed by atoms with Gasteiger partial charge in [-0.1, -0.05) is 59.5 Å². The summed E-state index contributed by atoms with van der Waals surface area (Å²) < 4.78 is 0. The van der Waals surface area contributed by atoms with E-state index in [2.05, 4.69) is 73.5 Å². The molecule has 1 aromatic heterocycles. The lowest BCUT2D eigenvalue weighted by Gasteiger charge is -2.19. The molecule has 3 nitrogen and oxygen atoms in total. The molecule has 1 heterocycles. The predicted molar refractivity (Wildman–Crippen MR) is 142 cm³/mol. The summed E-state index contributed by atoms with van der Waals surface area (Å²) in [5.74, 6) is 1.20. The first kappa shape index (κ1) is 20.6. The molecule has 0 fully saturated rings. The van der Waals surface area contributed by atoms with Crippen molar-refractivity contribution in [1.29, 1.82) is 0 Å². The maximum Gasteiger partial charge on any atom is 0.226 e. The minimum atomic E-state index is 0.204. The molecule has 0 spiro atoms. The van der Waals surface area contributed by atoms with Crippen LogP contribution in [0.25, 0.3) is 33.9 Å². The van der Waals surface area contributed by atoms with Gasteiger partial charge in [-0.25, -0.2) is 4.98 Å². The van der Waals surface area contributed by atoms with Crippen molar-refractivity contribution in [3.63, 3.8) is 0 Å². The number of nitrogens with zero attached hydrogens (tertiary/aromatic N) is 3. The first-order valence-corrected chi connectivity index (χ1v) is 10.4. The van der Waals surface area contributed by atoms with Crippen molar-refractivity contribution in [1.82, 2.24) is 15.0 Å². The van der Waals surface area contributed by atoms with Gasteiger partial charge in [0.1, 0.15) is 39.2 Å². The summed E-state index contributed by atoms with van der Waals surface area (Å²) in [5, 5.41) is 0.204. The smallest absolute Gasteiger partial charge is 0.208 e. The molecule has 0 radical (unpaired) electrons. The van der Waals surface area contributed by atoms with Crippen molar-refractivity contribution >= 4 is 78.1 Å². The van der Waals surface area contributed by atoms with Crippen molar-refractivity contribution < 1.29 is 0 Å². The molecule has 0 aliphatic heterocycles. The van der Waals surface area contributed by atoms with Gasteiger partial charge in [-0.15, -0.1) is 16.4 Å². The molecule has 140 valence electrons. The Hall–Kier alpha value is -2.72. The van der Waals surface area contributed by atoms with Gasteiger partial charge >= 0.3 is 0 Å². The van der Waals surface area contributed by atoms with E-state index in [1.54, 1.807) is 0 Å². The summed E-state index contributed by atoms with van der Waals surface area (Å²) in [6.45, 7) is 0. The maximum absolute atomic E-state index is 6.36. The van der Waals surface area contributed by atoms with Crippen LogP contribution < -0.4 is 27.3 Å². The molecule has 9 heteroatoms. The van der Waals surface area contributed by atoms with Gasteiger partial charge in [-0.05, 0) is 28.8 Å². The SMILES string of the molecule is Bc1c(B)c(B)c(-c2nc(Cl)nc(-c3cccc(-c4ccccc4)c3)n2)c(B)c1B. The van der Waals surface area contributed by atoms with Gasteiger partial charge in [-0.2, -0.15) is 9.97 Å². The zero-order chi connectivity index (χ0) is 21.4. The topological polar surface area (TPSA) is 38.7 Å². The van der Waals surface area contributed by atoms with Crippen LogP contribution in [0.3, 0.4) is 0 Å². The van der Waals surface area contributed by atoms with E-state index in [0.717, 1.165) is 22.3 Å². The minimum Gasteiger partial charge on any atom is -0.208 e. The van der Waals surface area contributed by atoms with Gasteiger partial charge in [-0.3, -0.25) is 0 Å². The molecule has 0 unspecified atom stereocenters. The summed E-state index contributed by atoms with van der Waals surface area (Å²) in [5.41, 5.74) is 10.4. The van der Waals surface area contributed by atoms with Crippen LogP contribution in [-0.2, 0) is 0 Å². The van der Waals surface area contributed by atoms with E-state index in [4.69, 9.17) is 16.6 Å². The molecule has 4 rings (SSSR count). The average Bonchev–Trinajstić information content (AvgIpc) is 2.77. The summed E-state index contributed by atoms with van der Waals surface area (Å²) in [6.07, 6.45) is 0. The number of rotatable bonds is 3. The summed E-state index contributed by atoms with van der Waals surface area (Å²) >= 11 is 6.36. The van der Waals surface area contributed by atoms with Crippen LogP contribution in [0.4, 0.5) is 0 Å². The van der Waals surface area contributed by atoms with Crippen LogP contribution in [0.15, 0.2) is 54.6 Å². The third-order valence-electron chi connectivity index (χ3n) is 6.06. The number of halogens is 1. The fourth-order valence-corrected chi connectivity index (χ4v) is 4.05. The zero-order valence-corrected chi connectivity index (χ0v) is 18.7. The summed E-state index contributed by atoms with van der Waals surface area (Å²) in [4.78, 5) is 13.8. The number of aromatic nitrogens is 3. The van der Waals surface area contributed by atoms with Crippen LogP contribution in [0, 0.1) is 0 Å². The second-order valence-corrected chi connectivity index (χ2v) is 8.04. The lowest BCUT2D eigenvalue weighted by molar-refractivity contribution is 1.07. The maximum atomic E-state index is 6.36. The second-order valence-electron chi connectivity index (χ2n) is 7.70. The summed E-state index contributed by atoms with van der Waals surface area (Å²) in [7, 11) is 10.7.